The van der Waals surface area contributed by atoms with Gasteiger partial charge in [0.2, 0.25) is 0 Å². The van der Waals surface area contributed by atoms with E-state index in [-0.39, 0.29) is 0 Å². The molecule has 2 rings (SSSR count). The summed E-state index contributed by atoms with van der Waals surface area (Å²) in [6, 6.07) is 0. The van der Waals surface area contributed by atoms with E-state index in [2.05, 4.69) is 15.2 Å². The number of nitrogens with zero attached hydrogens (tertiary/aromatic N) is 4. The standard InChI is InChI=1S/C7H7ClN4O/c1-4(13)7-11-10-6-3-9-2-5(8)12(6)7/h2-4,13H,1H3/t4-/m0/s1. The Bertz CT molecular complexity index is 439. The molecule has 0 bridgehead atoms. The lowest BCUT2D eigenvalue weighted by molar-refractivity contribution is 0.187. The van der Waals surface area contributed by atoms with E-state index in [9.17, 15) is 5.11 Å². The molecule has 0 fully saturated rings. The average Bonchev–Trinajstić information content (AvgIpc) is 2.49. The van der Waals surface area contributed by atoms with Crippen molar-refractivity contribution in [3.8, 4) is 0 Å². The van der Waals surface area contributed by atoms with Gasteiger partial charge in [-0.05, 0) is 6.92 Å². The molecule has 6 heteroatoms. The second-order valence-corrected chi connectivity index (χ2v) is 3.05. The van der Waals surface area contributed by atoms with Gasteiger partial charge < -0.3 is 5.11 Å². The SMILES string of the molecule is C[C@H](O)c1nnc2cncc(Cl)n12. The van der Waals surface area contributed by atoms with Gasteiger partial charge in [0.25, 0.3) is 0 Å². The largest absolute Gasteiger partial charge is 0.385 e. The lowest BCUT2D eigenvalue weighted by Crippen LogP contribution is -2.00. The maximum Gasteiger partial charge on any atom is 0.180 e. The molecule has 0 aliphatic heterocycles. The summed E-state index contributed by atoms with van der Waals surface area (Å²) >= 11 is 5.86. The Hall–Kier alpha value is -1.20. The number of hydrogen-bond donors (Lipinski definition) is 1. The minimum Gasteiger partial charge on any atom is -0.385 e. The van der Waals surface area contributed by atoms with Crippen LogP contribution in [-0.4, -0.2) is 24.7 Å². The van der Waals surface area contributed by atoms with Crippen molar-refractivity contribution in [3.63, 3.8) is 0 Å². The van der Waals surface area contributed by atoms with Crippen LogP contribution in [0.3, 0.4) is 0 Å². The maximum atomic E-state index is 9.33. The van der Waals surface area contributed by atoms with E-state index in [1.165, 1.54) is 12.4 Å². The van der Waals surface area contributed by atoms with Crippen LogP contribution < -0.4 is 0 Å². The van der Waals surface area contributed by atoms with Gasteiger partial charge in [-0.1, -0.05) is 11.6 Å². The first kappa shape index (κ1) is 8.40. The van der Waals surface area contributed by atoms with Crippen LogP contribution in [-0.2, 0) is 0 Å². The fraction of sp³-hybridized carbons (Fsp3) is 0.286. The summed E-state index contributed by atoms with van der Waals surface area (Å²) in [6.45, 7) is 1.60. The van der Waals surface area contributed by atoms with Crippen LogP contribution in [0.5, 0.6) is 0 Å². The molecule has 1 N–H and O–H groups in total. The van der Waals surface area contributed by atoms with Crippen molar-refractivity contribution in [2.45, 2.75) is 13.0 Å². The molecule has 2 aromatic heterocycles. The molecule has 13 heavy (non-hydrogen) atoms. The third-order valence-electron chi connectivity index (χ3n) is 1.67. The van der Waals surface area contributed by atoms with Gasteiger partial charge in [-0.2, -0.15) is 0 Å². The smallest absolute Gasteiger partial charge is 0.180 e. The molecule has 0 aromatic carbocycles. The lowest BCUT2D eigenvalue weighted by atomic mass is 10.4. The Morgan fingerprint density at radius 1 is 1.46 bits per heavy atom. The van der Waals surface area contributed by atoms with Crippen molar-refractivity contribution in [3.05, 3.63) is 23.4 Å². The minimum atomic E-state index is -0.699. The lowest BCUT2D eigenvalue weighted by Gasteiger charge is -2.02. The van der Waals surface area contributed by atoms with Gasteiger partial charge in [0.1, 0.15) is 11.3 Å². The highest BCUT2D eigenvalue weighted by atomic mass is 35.5. The first-order valence-corrected chi connectivity index (χ1v) is 4.10. The third-order valence-corrected chi connectivity index (χ3v) is 1.94. The van der Waals surface area contributed by atoms with Crippen LogP contribution in [0.15, 0.2) is 12.4 Å². The highest BCUT2D eigenvalue weighted by molar-refractivity contribution is 6.29. The Morgan fingerprint density at radius 2 is 2.23 bits per heavy atom. The number of hydrogen-bond acceptors (Lipinski definition) is 4. The highest BCUT2D eigenvalue weighted by Crippen LogP contribution is 2.16. The summed E-state index contributed by atoms with van der Waals surface area (Å²) in [5.74, 6) is 0.419. The third kappa shape index (κ3) is 1.26. The zero-order valence-corrected chi connectivity index (χ0v) is 7.60. The summed E-state index contributed by atoms with van der Waals surface area (Å²) in [4.78, 5) is 3.85. The zero-order valence-electron chi connectivity index (χ0n) is 6.85. The van der Waals surface area contributed by atoms with E-state index in [0.29, 0.717) is 16.6 Å². The minimum absolute atomic E-state index is 0.387. The van der Waals surface area contributed by atoms with Crippen LogP contribution in [0.1, 0.15) is 18.9 Å². The summed E-state index contributed by atoms with van der Waals surface area (Å²) in [6.07, 6.45) is 2.31. The van der Waals surface area contributed by atoms with Crippen LogP contribution in [0, 0.1) is 0 Å². The van der Waals surface area contributed by atoms with Gasteiger partial charge in [0, 0.05) is 0 Å². The molecule has 2 heterocycles. The predicted molar refractivity (Wildman–Crippen MR) is 46.4 cm³/mol. The van der Waals surface area contributed by atoms with Gasteiger partial charge in [-0.3, -0.25) is 9.38 Å². The summed E-state index contributed by atoms with van der Waals surface area (Å²) in [5, 5.41) is 17.3. The average molecular weight is 199 g/mol. The van der Waals surface area contributed by atoms with Crippen molar-refractivity contribution in [1.29, 1.82) is 0 Å². The molecule has 0 saturated carbocycles. The first-order chi connectivity index (χ1) is 6.20. The first-order valence-electron chi connectivity index (χ1n) is 3.72. The Morgan fingerprint density at radius 3 is 2.92 bits per heavy atom. The number of aliphatic hydroxyl groups is 1. The molecule has 0 aliphatic carbocycles. The Labute approximate surface area is 79.0 Å². The van der Waals surface area contributed by atoms with Crippen molar-refractivity contribution < 1.29 is 5.11 Å². The monoisotopic (exact) mass is 198 g/mol. The van der Waals surface area contributed by atoms with Gasteiger partial charge in [-0.25, -0.2) is 0 Å². The number of fused-ring (bicyclic) bond motifs is 1. The van der Waals surface area contributed by atoms with E-state index in [4.69, 9.17) is 11.6 Å². The van der Waals surface area contributed by atoms with Gasteiger partial charge in [-0.15, -0.1) is 10.2 Å². The molecule has 5 nitrogen and oxygen atoms in total. The Kier molecular flexibility index (Phi) is 1.90. The summed E-state index contributed by atoms with van der Waals surface area (Å²) in [7, 11) is 0. The molecule has 0 amide bonds. The highest BCUT2D eigenvalue weighted by Gasteiger charge is 2.12. The molecule has 1 atom stereocenters. The van der Waals surface area contributed by atoms with Crippen LogP contribution in [0.2, 0.25) is 5.15 Å². The number of aliphatic hydroxyl groups excluding tert-OH is 1. The predicted octanol–water partition coefficient (Wildman–Crippen LogP) is 0.831. The second kappa shape index (κ2) is 2.93. The maximum absolute atomic E-state index is 9.33. The molecule has 0 saturated heterocycles. The van der Waals surface area contributed by atoms with Crippen LogP contribution >= 0.6 is 11.6 Å². The van der Waals surface area contributed by atoms with Gasteiger partial charge >= 0.3 is 0 Å². The molecular formula is C7H7ClN4O. The molecule has 0 unspecified atom stereocenters. The topological polar surface area (TPSA) is 63.3 Å². The summed E-state index contributed by atoms with van der Waals surface area (Å²) < 4.78 is 1.55. The van der Waals surface area contributed by atoms with Crippen molar-refractivity contribution in [2.24, 2.45) is 0 Å². The quantitative estimate of drug-likeness (QED) is 0.737. The fourth-order valence-electron chi connectivity index (χ4n) is 1.11. The van der Waals surface area contributed by atoms with Crippen molar-refractivity contribution in [2.75, 3.05) is 0 Å². The molecule has 0 aliphatic rings. The van der Waals surface area contributed by atoms with Gasteiger partial charge in [0.15, 0.2) is 11.5 Å². The normalized spacial score (nSPS) is 13.5. The number of aromatic nitrogens is 4. The fourth-order valence-corrected chi connectivity index (χ4v) is 1.33. The zero-order chi connectivity index (χ0) is 9.42. The van der Waals surface area contributed by atoms with Crippen LogP contribution in [0.4, 0.5) is 0 Å². The van der Waals surface area contributed by atoms with E-state index in [0.717, 1.165) is 0 Å². The van der Waals surface area contributed by atoms with E-state index in [1.807, 2.05) is 0 Å². The molecule has 2 aromatic rings. The van der Waals surface area contributed by atoms with E-state index in [1.54, 1.807) is 11.3 Å². The van der Waals surface area contributed by atoms with Gasteiger partial charge in [0.05, 0.1) is 12.4 Å². The van der Waals surface area contributed by atoms with Crippen molar-refractivity contribution >= 4 is 17.2 Å². The second-order valence-electron chi connectivity index (χ2n) is 2.66. The number of rotatable bonds is 1. The molecular weight excluding hydrogens is 192 g/mol. The summed E-state index contributed by atoms with van der Waals surface area (Å²) in [5.41, 5.74) is 0.531. The van der Waals surface area contributed by atoms with Crippen LogP contribution in [0.25, 0.3) is 5.65 Å². The molecule has 68 valence electrons. The number of halogens is 1. The van der Waals surface area contributed by atoms with E-state index < -0.39 is 6.10 Å². The molecule has 0 spiro atoms. The molecule has 0 radical (unpaired) electrons. The Balaban J connectivity index is 2.79. The van der Waals surface area contributed by atoms with E-state index >= 15 is 0 Å². The van der Waals surface area contributed by atoms with Crippen molar-refractivity contribution in [1.82, 2.24) is 19.6 Å².